The van der Waals surface area contributed by atoms with Gasteiger partial charge in [-0.3, -0.25) is 4.79 Å². The molecular formula is C19H16BrF2N3O. The third kappa shape index (κ3) is 3.39. The van der Waals surface area contributed by atoms with Gasteiger partial charge in [0.2, 0.25) is 0 Å². The van der Waals surface area contributed by atoms with Crippen LogP contribution in [0.4, 0.5) is 14.5 Å². The summed E-state index contributed by atoms with van der Waals surface area (Å²) in [5, 5.41) is 7.11. The highest BCUT2D eigenvalue weighted by atomic mass is 79.9. The van der Waals surface area contributed by atoms with Gasteiger partial charge in [0.15, 0.2) is 5.82 Å². The number of nitrogens with zero attached hydrogens (tertiary/aromatic N) is 2. The van der Waals surface area contributed by atoms with Gasteiger partial charge in [-0.1, -0.05) is 15.9 Å². The molecule has 7 heteroatoms. The predicted octanol–water partition coefficient (Wildman–Crippen LogP) is 5.09. The second kappa shape index (κ2) is 6.99. The zero-order chi connectivity index (χ0) is 19.0. The van der Waals surface area contributed by atoms with Crippen LogP contribution >= 0.6 is 15.9 Å². The van der Waals surface area contributed by atoms with E-state index in [0.717, 1.165) is 22.2 Å². The Morgan fingerprint density at radius 1 is 1.12 bits per heavy atom. The Hall–Kier alpha value is -2.54. The molecule has 0 fully saturated rings. The van der Waals surface area contributed by atoms with Crippen LogP contribution in [0.25, 0.3) is 5.69 Å². The second-order valence-electron chi connectivity index (χ2n) is 5.97. The van der Waals surface area contributed by atoms with Crippen molar-refractivity contribution in [2.75, 3.05) is 5.32 Å². The lowest BCUT2D eigenvalue weighted by atomic mass is 10.1. The topological polar surface area (TPSA) is 46.9 Å². The summed E-state index contributed by atoms with van der Waals surface area (Å²) in [7, 11) is 0. The number of aryl methyl sites for hydroxylation is 2. The van der Waals surface area contributed by atoms with Gasteiger partial charge in [0.05, 0.1) is 17.0 Å². The van der Waals surface area contributed by atoms with Gasteiger partial charge in [0.1, 0.15) is 11.5 Å². The van der Waals surface area contributed by atoms with Crippen LogP contribution in [0.2, 0.25) is 0 Å². The Balaban J connectivity index is 1.98. The highest BCUT2D eigenvalue weighted by Crippen LogP contribution is 2.24. The van der Waals surface area contributed by atoms with Crippen molar-refractivity contribution in [3.8, 4) is 5.69 Å². The molecule has 4 nitrogen and oxygen atoms in total. The molecule has 3 aromatic rings. The highest BCUT2D eigenvalue weighted by molar-refractivity contribution is 9.10. The van der Waals surface area contributed by atoms with Crippen LogP contribution in [-0.4, -0.2) is 15.7 Å². The quantitative estimate of drug-likeness (QED) is 0.642. The standard InChI is InChI=1S/C19H16BrF2N3O/c1-10-8-13(20)4-6-16(10)23-19(26)18-11(2)24-25(12(18)3)17-7-5-14(21)9-15(17)22/h4-9H,1-3H3,(H,23,26). The van der Waals surface area contributed by atoms with Gasteiger partial charge in [-0.15, -0.1) is 0 Å². The number of rotatable bonds is 3. The zero-order valence-corrected chi connectivity index (χ0v) is 16.0. The number of hydrogen-bond donors (Lipinski definition) is 1. The Labute approximate surface area is 158 Å². The van der Waals surface area contributed by atoms with Crippen molar-refractivity contribution >= 4 is 27.5 Å². The Kier molecular flexibility index (Phi) is 4.91. The summed E-state index contributed by atoms with van der Waals surface area (Å²) in [6, 6.07) is 8.76. The van der Waals surface area contributed by atoms with Gasteiger partial charge in [-0.25, -0.2) is 13.5 Å². The Morgan fingerprint density at radius 2 is 1.85 bits per heavy atom. The van der Waals surface area contributed by atoms with E-state index in [1.807, 2.05) is 19.1 Å². The van der Waals surface area contributed by atoms with Crippen molar-refractivity contribution < 1.29 is 13.6 Å². The maximum Gasteiger partial charge on any atom is 0.259 e. The van der Waals surface area contributed by atoms with Crippen LogP contribution in [0.1, 0.15) is 27.3 Å². The maximum atomic E-state index is 14.1. The highest BCUT2D eigenvalue weighted by Gasteiger charge is 2.21. The summed E-state index contributed by atoms with van der Waals surface area (Å²) >= 11 is 3.38. The summed E-state index contributed by atoms with van der Waals surface area (Å²) < 4.78 is 29.5. The molecule has 0 aliphatic heterocycles. The fraction of sp³-hybridized carbons (Fsp3) is 0.158. The van der Waals surface area contributed by atoms with E-state index < -0.39 is 11.6 Å². The maximum absolute atomic E-state index is 14.1. The van der Waals surface area contributed by atoms with Gasteiger partial charge < -0.3 is 5.32 Å². The average molecular weight is 420 g/mol. The first-order valence-corrected chi connectivity index (χ1v) is 8.66. The van der Waals surface area contributed by atoms with Crippen LogP contribution in [0.5, 0.6) is 0 Å². The molecule has 0 atom stereocenters. The number of amides is 1. The van der Waals surface area contributed by atoms with Crippen molar-refractivity contribution in [1.82, 2.24) is 9.78 Å². The van der Waals surface area contributed by atoms with Gasteiger partial charge in [0, 0.05) is 16.2 Å². The smallest absolute Gasteiger partial charge is 0.259 e. The molecule has 1 aromatic heterocycles. The molecule has 2 aromatic carbocycles. The molecule has 0 aliphatic carbocycles. The molecule has 0 saturated carbocycles. The summed E-state index contributed by atoms with van der Waals surface area (Å²) in [6.45, 7) is 5.23. The van der Waals surface area contributed by atoms with Gasteiger partial charge in [0.25, 0.3) is 5.91 Å². The van der Waals surface area contributed by atoms with E-state index in [2.05, 4.69) is 26.3 Å². The SMILES string of the molecule is Cc1cc(Br)ccc1NC(=O)c1c(C)nn(-c2ccc(F)cc2F)c1C. The van der Waals surface area contributed by atoms with E-state index in [9.17, 15) is 13.6 Å². The molecule has 3 rings (SSSR count). The average Bonchev–Trinajstić information content (AvgIpc) is 2.84. The number of halogens is 3. The minimum atomic E-state index is -0.744. The molecule has 0 saturated heterocycles. The molecule has 1 heterocycles. The van der Waals surface area contributed by atoms with Gasteiger partial charge >= 0.3 is 0 Å². The zero-order valence-electron chi connectivity index (χ0n) is 14.4. The van der Waals surface area contributed by atoms with Gasteiger partial charge in [-0.2, -0.15) is 5.10 Å². The van der Waals surface area contributed by atoms with E-state index in [1.54, 1.807) is 19.9 Å². The van der Waals surface area contributed by atoms with E-state index in [0.29, 0.717) is 22.6 Å². The number of hydrogen-bond acceptors (Lipinski definition) is 2. The van der Waals surface area contributed by atoms with Gasteiger partial charge in [-0.05, 0) is 56.7 Å². The fourth-order valence-corrected chi connectivity index (χ4v) is 3.29. The second-order valence-corrected chi connectivity index (χ2v) is 6.88. The third-order valence-corrected chi connectivity index (χ3v) is 4.59. The van der Waals surface area contributed by atoms with Crippen molar-refractivity contribution in [2.45, 2.75) is 20.8 Å². The monoisotopic (exact) mass is 419 g/mol. The molecule has 0 aliphatic rings. The van der Waals surface area contributed by atoms with E-state index in [-0.39, 0.29) is 11.6 Å². The molecular weight excluding hydrogens is 404 g/mol. The third-order valence-electron chi connectivity index (χ3n) is 4.09. The lowest BCUT2D eigenvalue weighted by Gasteiger charge is -2.10. The largest absolute Gasteiger partial charge is 0.322 e. The van der Waals surface area contributed by atoms with E-state index in [4.69, 9.17) is 0 Å². The van der Waals surface area contributed by atoms with Crippen molar-refractivity contribution in [2.24, 2.45) is 0 Å². The molecule has 0 spiro atoms. The first-order chi connectivity index (χ1) is 12.3. The first kappa shape index (κ1) is 18.3. The number of carbonyl (C=O) groups excluding carboxylic acids is 1. The predicted molar refractivity (Wildman–Crippen MR) is 99.8 cm³/mol. The normalized spacial score (nSPS) is 10.8. The fourth-order valence-electron chi connectivity index (χ4n) is 2.81. The number of benzene rings is 2. The van der Waals surface area contributed by atoms with Crippen LogP contribution < -0.4 is 5.32 Å². The van der Waals surface area contributed by atoms with Crippen LogP contribution in [0, 0.1) is 32.4 Å². The molecule has 0 radical (unpaired) electrons. The van der Waals surface area contributed by atoms with Crippen molar-refractivity contribution in [3.63, 3.8) is 0 Å². The number of aromatic nitrogens is 2. The molecule has 1 amide bonds. The van der Waals surface area contributed by atoms with Crippen molar-refractivity contribution in [1.29, 1.82) is 0 Å². The Bertz CT molecular complexity index is 1010. The Morgan fingerprint density at radius 3 is 2.50 bits per heavy atom. The minimum absolute atomic E-state index is 0.0888. The van der Waals surface area contributed by atoms with E-state index in [1.165, 1.54) is 10.7 Å². The molecule has 0 bridgehead atoms. The molecule has 134 valence electrons. The summed E-state index contributed by atoms with van der Waals surface area (Å²) in [5.41, 5.74) is 2.96. The van der Waals surface area contributed by atoms with Crippen molar-refractivity contribution in [3.05, 3.63) is 75.0 Å². The molecule has 26 heavy (non-hydrogen) atoms. The lowest BCUT2D eigenvalue weighted by molar-refractivity contribution is 0.102. The summed E-state index contributed by atoms with van der Waals surface area (Å²) in [4.78, 5) is 12.7. The summed E-state index contributed by atoms with van der Waals surface area (Å²) in [6.07, 6.45) is 0. The molecule has 1 N–H and O–H groups in total. The number of carbonyl (C=O) groups is 1. The molecule has 0 unspecified atom stereocenters. The summed E-state index contributed by atoms with van der Waals surface area (Å²) in [5.74, 6) is -1.75. The number of nitrogens with one attached hydrogen (secondary N) is 1. The minimum Gasteiger partial charge on any atom is -0.322 e. The van der Waals surface area contributed by atoms with E-state index >= 15 is 0 Å². The van der Waals surface area contributed by atoms with Crippen LogP contribution in [0.3, 0.4) is 0 Å². The first-order valence-electron chi connectivity index (χ1n) is 7.87. The van der Waals surface area contributed by atoms with Crippen LogP contribution in [-0.2, 0) is 0 Å². The number of anilines is 1. The van der Waals surface area contributed by atoms with Crippen LogP contribution in [0.15, 0.2) is 40.9 Å². The lowest BCUT2D eigenvalue weighted by Crippen LogP contribution is -2.15.